The molecule has 0 aliphatic heterocycles. The van der Waals surface area contributed by atoms with Crippen molar-refractivity contribution < 1.29 is 4.79 Å². The minimum Gasteiger partial charge on any atom is -0.383 e. The maximum atomic E-state index is 10.5. The van der Waals surface area contributed by atoms with Crippen LogP contribution in [0.25, 0.3) is 10.9 Å². The summed E-state index contributed by atoms with van der Waals surface area (Å²) >= 11 is 0. The van der Waals surface area contributed by atoms with Crippen molar-refractivity contribution in [2.75, 3.05) is 14.1 Å². The molecule has 4 heteroatoms. The van der Waals surface area contributed by atoms with Crippen LogP contribution in [-0.2, 0) is 11.3 Å². The van der Waals surface area contributed by atoms with Gasteiger partial charge in [-0.05, 0) is 30.7 Å². The van der Waals surface area contributed by atoms with Gasteiger partial charge >= 0.3 is 0 Å². The number of allylic oxidation sites excluding steroid dienone is 3. The van der Waals surface area contributed by atoms with Gasteiger partial charge in [-0.3, -0.25) is 9.48 Å². The number of hydrogen-bond acceptors (Lipinski definition) is 3. The van der Waals surface area contributed by atoms with Crippen LogP contribution in [0, 0.1) is 6.92 Å². The van der Waals surface area contributed by atoms with Crippen LogP contribution in [0.4, 0.5) is 0 Å². The first kappa shape index (κ1) is 17.7. The van der Waals surface area contributed by atoms with Gasteiger partial charge in [0.15, 0.2) is 0 Å². The molecule has 4 nitrogen and oxygen atoms in total. The smallest absolute Gasteiger partial charge is 0.142 e. The van der Waals surface area contributed by atoms with Crippen molar-refractivity contribution in [3.8, 4) is 0 Å². The van der Waals surface area contributed by atoms with E-state index in [2.05, 4.69) is 30.2 Å². The van der Waals surface area contributed by atoms with Crippen molar-refractivity contribution >= 4 is 17.2 Å². The van der Waals surface area contributed by atoms with E-state index in [1.807, 2.05) is 56.0 Å². The number of aldehydes is 1. The van der Waals surface area contributed by atoms with Crippen LogP contribution < -0.4 is 0 Å². The molecule has 0 bridgehead atoms. The molecule has 118 valence electrons. The van der Waals surface area contributed by atoms with E-state index in [0.29, 0.717) is 6.54 Å². The van der Waals surface area contributed by atoms with Crippen molar-refractivity contribution in [3.05, 3.63) is 53.9 Å². The monoisotopic (exact) mass is 299 g/mol. The number of hydrogen-bond donors (Lipinski definition) is 0. The lowest BCUT2D eigenvalue weighted by Gasteiger charge is -2.10. The topological polar surface area (TPSA) is 38.1 Å². The highest BCUT2D eigenvalue weighted by Crippen LogP contribution is 2.16. The molecule has 0 fully saturated rings. The SMILES string of the molecule is CC.Cc1ccc2c(cnn2CC(/C=C\C=O)=C/N(C)C)c1. The molecule has 0 spiro atoms. The Morgan fingerprint density at radius 2 is 2.05 bits per heavy atom. The Morgan fingerprint density at radius 3 is 2.68 bits per heavy atom. The second-order valence-corrected chi connectivity index (χ2v) is 5.03. The predicted molar refractivity (Wildman–Crippen MR) is 92.8 cm³/mol. The zero-order chi connectivity index (χ0) is 16.5. The summed E-state index contributed by atoms with van der Waals surface area (Å²) in [6.45, 7) is 6.70. The van der Waals surface area contributed by atoms with E-state index in [9.17, 15) is 4.79 Å². The average molecular weight is 299 g/mol. The molecular weight excluding hydrogens is 274 g/mol. The van der Waals surface area contributed by atoms with Crippen LogP contribution in [0.15, 0.2) is 48.3 Å². The van der Waals surface area contributed by atoms with E-state index < -0.39 is 0 Å². The third-order valence-electron chi connectivity index (χ3n) is 2.94. The van der Waals surface area contributed by atoms with E-state index in [1.54, 1.807) is 0 Å². The van der Waals surface area contributed by atoms with Crippen LogP contribution in [0.1, 0.15) is 19.4 Å². The van der Waals surface area contributed by atoms with Crippen LogP contribution in [0.2, 0.25) is 0 Å². The summed E-state index contributed by atoms with van der Waals surface area (Å²) in [7, 11) is 3.92. The van der Waals surface area contributed by atoms with Crippen LogP contribution in [0.3, 0.4) is 0 Å². The van der Waals surface area contributed by atoms with Crippen molar-refractivity contribution in [2.45, 2.75) is 27.3 Å². The molecule has 0 N–H and O–H groups in total. The van der Waals surface area contributed by atoms with E-state index in [4.69, 9.17) is 0 Å². The molecule has 2 rings (SSSR count). The number of aromatic nitrogens is 2. The second kappa shape index (κ2) is 8.82. The minimum absolute atomic E-state index is 0.634. The fourth-order valence-corrected chi connectivity index (χ4v) is 2.14. The lowest BCUT2D eigenvalue weighted by atomic mass is 10.2. The van der Waals surface area contributed by atoms with E-state index in [0.717, 1.165) is 22.8 Å². The zero-order valence-electron chi connectivity index (χ0n) is 14.1. The van der Waals surface area contributed by atoms with Crippen molar-refractivity contribution in [1.82, 2.24) is 14.7 Å². The Labute approximate surface area is 132 Å². The van der Waals surface area contributed by atoms with Crippen LogP contribution in [0.5, 0.6) is 0 Å². The second-order valence-electron chi connectivity index (χ2n) is 5.03. The Bertz CT molecular complexity index is 666. The van der Waals surface area contributed by atoms with Gasteiger partial charge in [0, 0.05) is 25.7 Å². The maximum absolute atomic E-state index is 10.5. The minimum atomic E-state index is 0.634. The molecule has 0 aliphatic rings. The first-order valence-electron chi connectivity index (χ1n) is 7.51. The zero-order valence-corrected chi connectivity index (χ0v) is 14.1. The van der Waals surface area contributed by atoms with E-state index in [-0.39, 0.29) is 0 Å². The third kappa shape index (κ3) is 4.88. The number of carbonyl (C=O) groups is 1. The normalized spacial score (nSPS) is 11.4. The molecule has 0 aliphatic carbocycles. The summed E-state index contributed by atoms with van der Waals surface area (Å²) in [5.74, 6) is 0. The van der Waals surface area contributed by atoms with Crippen LogP contribution >= 0.6 is 0 Å². The molecule has 0 saturated carbocycles. The highest BCUT2D eigenvalue weighted by molar-refractivity contribution is 5.79. The number of benzene rings is 1. The molecule has 1 aromatic carbocycles. The third-order valence-corrected chi connectivity index (χ3v) is 2.94. The first-order chi connectivity index (χ1) is 10.6. The number of rotatable bonds is 5. The highest BCUT2D eigenvalue weighted by atomic mass is 16.1. The molecule has 0 atom stereocenters. The summed E-state index contributed by atoms with van der Waals surface area (Å²) in [6, 6.07) is 6.28. The van der Waals surface area contributed by atoms with Gasteiger partial charge in [-0.25, -0.2) is 0 Å². The van der Waals surface area contributed by atoms with Gasteiger partial charge in [0.1, 0.15) is 6.29 Å². The Hall–Kier alpha value is -2.36. The molecule has 1 aromatic heterocycles. The summed E-state index contributed by atoms with van der Waals surface area (Å²) in [5.41, 5.74) is 3.34. The first-order valence-corrected chi connectivity index (χ1v) is 7.51. The Kier molecular flexibility index (Phi) is 7.09. The molecule has 22 heavy (non-hydrogen) atoms. The summed E-state index contributed by atoms with van der Waals surface area (Å²) < 4.78 is 1.94. The van der Waals surface area contributed by atoms with Crippen LogP contribution in [-0.4, -0.2) is 35.1 Å². The fourth-order valence-electron chi connectivity index (χ4n) is 2.14. The number of aryl methyl sites for hydroxylation is 1. The van der Waals surface area contributed by atoms with Gasteiger partial charge < -0.3 is 4.90 Å². The summed E-state index contributed by atoms with van der Waals surface area (Å²) in [4.78, 5) is 12.5. The molecule has 0 amide bonds. The quantitative estimate of drug-likeness (QED) is 0.481. The average Bonchev–Trinajstić information content (AvgIpc) is 2.88. The largest absolute Gasteiger partial charge is 0.383 e. The highest BCUT2D eigenvalue weighted by Gasteiger charge is 2.04. The van der Waals surface area contributed by atoms with Gasteiger partial charge in [0.05, 0.1) is 18.3 Å². The van der Waals surface area contributed by atoms with Gasteiger partial charge in [-0.1, -0.05) is 31.6 Å². The molecule has 1 heterocycles. The fraction of sp³-hybridized carbons (Fsp3) is 0.333. The Morgan fingerprint density at radius 1 is 1.32 bits per heavy atom. The molecular formula is C18H25N3O. The number of carbonyl (C=O) groups excluding carboxylic acids is 1. The van der Waals surface area contributed by atoms with Gasteiger partial charge in [0.25, 0.3) is 0 Å². The lowest BCUT2D eigenvalue weighted by molar-refractivity contribution is -0.104. The lowest BCUT2D eigenvalue weighted by Crippen LogP contribution is -2.07. The van der Waals surface area contributed by atoms with Gasteiger partial charge in [-0.15, -0.1) is 0 Å². The molecule has 2 aromatic rings. The molecule has 0 radical (unpaired) electrons. The van der Waals surface area contributed by atoms with Gasteiger partial charge in [0.2, 0.25) is 0 Å². The van der Waals surface area contributed by atoms with Gasteiger partial charge in [-0.2, -0.15) is 5.10 Å². The van der Waals surface area contributed by atoms with E-state index >= 15 is 0 Å². The summed E-state index contributed by atoms with van der Waals surface area (Å²) in [6.07, 6.45) is 7.97. The van der Waals surface area contributed by atoms with E-state index in [1.165, 1.54) is 11.6 Å². The maximum Gasteiger partial charge on any atom is 0.142 e. The number of fused-ring (bicyclic) bond motifs is 1. The predicted octanol–water partition coefficient (Wildman–Crippen LogP) is 3.57. The number of nitrogens with zero attached hydrogens (tertiary/aromatic N) is 3. The van der Waals surface area contributed by atoms with Crippen molar-refractivity contribution in [3.63, 3.8) is 0 Å². The van der Waals surface area contributed by atoms with Crippen molar-refractivity contribution in [2.24, 2.45) is 0 Å². The molecule has 0 unspecified atom stereocenters. The molecule has 0 saturated heterocycles. The summed E-state index contributed by atoms with van der Waals surface area (Å²) in [5, 5.41) is 5.56. The van der Waals surface area contributed by atoms with Crippen molar-refractivity contribution in [1.29, 1.82) is 0 Å². The Balaban J connectivity index is 0.00000116. The standard InChI is InChI=1S/C16H19N3O.C2H6/c1-13-6-7-16-15(9-13)10-17-19(16)12-14(5-4-8-20)11-18(2)3;1-2/h4-11H,12H2,1-3H3;1-2H3/b5-4-,14-11+;.